The average Bonchev–Trinajstić information content (AvgIpc) is 2.94. The highest BCUT2D eigenvalue weighted by Gasteiger charge is 2.23. The largest absolute Gasteiger partial charge is 0.493 e. The van der Waals surface area contributed by atoms with Crippen molar-refractivity contribution in [3.8, 4) is 11.5 Å². The lowest BCUT2D eigenvalue weighted by atomic mass is 10.1. The second kappa shape index (κ2) is 12.3. The van der Waals surface area contributed by atoms with Crippen molar-refractivity contribution in [2.45, 2.75) is 24.0 Å². The lowest BCUT2D eigenvalue weighted by molar-refractivity contribution is -0.115. The van der Waals surface area contributed by atoms with Crippen LogP contribution in [0, 0.1) is 13.8 Å². The average molecular weight is 527 g/mol. The summed E-state index contributed by atoms with van der Waals surface area (Å²) < 4.78 is 10.5. The summed E-state index contributed by atoms with van der Waals surface area (Å²) in [5.74, 6) is 0.684. The Morgan fingerprint density at radius 1 is 0.737 bits per heavy atom. The molecule has 0 aromatic heterocycles. The molecule has 7 heteroatoms. The molecule has 0 saturated carbocycles. The fourth-order valence-corrected chi connectivity index (χ4v) is 5.06. The zero-order valence-corrected chi connectivity index (χ0v) is 22.6. The van der Waals surface area contributed by atoms with Crippen LogP contribution in [0.1, 0.15) is 32.3 Å². The summed E-state index contributed by atoms with van der Waals surface area (Å²) in [7, 11) is 3.08. The first kappa shape index (κ1) is 26.8. The van der Waals surface area contributed by atoms with Crippen LogP contribution < -0.4 is 20.1 Å². The molecule has 0 radical (unpaired) electrons. The van der Waals surface area contributed by atoms with Crippen molar-refractivity contribution >= 4 is 35.0 Å². The van der Waals surface area contributed by atoms with Crippen LogP contribution in [0.4, 0.5) is 11.4 Å². The van der Waals surface area contributed by atoms with E-state index in [-0.39, 0.29) is 11.8 Å². The number of hydrogen-bond donors (Lipinski definition) is 2. The molecule has 0 bridgehead atoms. The third kappa shape index (κ3) is 6.36. The number of benzene rings is 4. The number of rotatable bonds is 9. The summed E-state index contributed by atoms with van der Waals surface area (Å²) in [5.41, 5.74) is 4.88. The number of carbonyl (C=O) groups is 2. The maximum Gasteiger partial charge on any atom is 0.255 e. The van der Waals surface area contributed by atoms with Gasteiger partial charge in [0.2, 0.25) is 5.91 Å². The highest BCUT2D eigenvalue weighted by Crippen LogP contribution is 2.37. The molecule has 194 valence electrons. The SMILES string of the molecule is COc1ccc(C(=O)Nc2ccc(SC(C(=O)Nc3c(C)cccc3C)c3ccccc3)cc2)cc1OC. The van der Waals surface area contributed by atoms with Gasteiger partial charge in [-0.05, 0) is 73.0 Å². The highest BCUT2D eigenvalue weighted by molar-refractivity contribution is 8.00. The van der Waals surface area contributed by atoms with Gasteiger partial charge in [0.05, 0.1) is 14.2 Å². The molecule has 0 aliphatic carbocycles. The van der Waals surface area contributed by atoms with Gasteiger partial charge in [-0.25, -0.2) is 0 Å². The van der Waals surface area contributed by atoms with Crippen LogP contribution in [0.15, 0.2) is 95.9 Å². The number of carbonyl (C=O) groups excluding carboxylic acids is 2. The van der Waals surface area contributed by atoms with Gasteiger partial charge < -0.3 is 20.1 Å². The minimum Gasteiger partial charge on any atom is -0.493 e. The van der Waals surface area contributed by atoms with Crippen LogP contribution in [-0.4, -0.2) is 26.0 Å². The van der Waals surface area contributed by atoms with Gasteiger partial charge in [0.1, 0.15) is 5.25 Å². The molecule has 4 aromatic carbocycles. The van der Waals surface area contributed by atoms with Crippen LogP contribution in [0.2, 0.25) is 0 Å². The third-order valence-corrected chi connectivity index (χ3v) is 7.35. The van der Waals surface area contributed by atoms with Gasteiger partial charge in [0, 0.05) is 21.8 Å². The molecule has 0 heterocycles. The van der Waals surface area contributed by atoms with Gasteiger partial charge in [-0.3, -0.25) is 9.59 Å². The molecular weight excluding hydrogens is 496 g/mol. The number of methoxy groups -OCH3 is 2. The topological polar surface area (TPSA) is 76.7 Å². The number of para-hydroxylation sites is 1. The van der Waals surface area contributed by atoms with Crippen molar-refractivity contribution in [3.05, 3.63) is 113 Å². The maximum atomic E-state index is 13.5. The number of thioether (sulfide) groups is 1. The van der Waals surface area contributed by atoms with Crippen molar-refractivity contribution < 1.29 is 19.1 Å². The summed E-state index contributed by atoms with van der Waals surface area (Å²) in [5, 5.41) is 5.58. The molecule has 0 aliphatic heterocycles. The molecule has 4 rings (SSSR count). The van der Waals surface area contributed by atoms with Crippen LogP contribution in [0.5, 0.6) is 11.5 Å². The zero-order chi connectivity index (χ0) is 27.1. The predicted octanol–water partition coefficient (Wildman–Crippen LogP) is 7.05. The van der Waals surface area contributed by atoms with Gasteiger partial charge in [-0.1, -0.05) is 48.5 Å². The van der Waals surface area contributed by atoms with E-state index in [2.05, 4.69) is 10.6 Å². The standard InChI is InChI=1S/C31H30N2O4S/c1-20-9-8-10-21(2)28(20)33-31(35)29(22-11-6-5-7-12-22)38-25-16-14-24(15-17-25)32-30(34)23-13-18-26(36-3)27(19-23)37-4/h5-19,29H,1-4H3,(H,32,34)(H,33,35). The van der Waals surface area contributed by atoms with Crippen LogP contribution in [0.3, 0.4) is 0 Å². The first-order valence-electron chi connectivity index (χ1n) is 12.1. The molecule has 0 fully saturated rings. The van der Waals surface area contributed by atoms with Crippen molar-refractivity contribution in [1.82, 2.24) is 0 Å². The first-order valence-corrected chi connectivity index (χ1v) is 13.0. The van der Waals surface area contributed by atoms with E-state index in [0.717, 1.165) is 27.3 Å². The van der Waals surface area contributed by atoms with Gasteiger partial charge in [-0.2, -0.15) is 0 Å². The fraction of sp³-hybridized carbons (Fsp3) is 0.161. The number of anilines is 2. The lowest BCUT2D eigenvalue weighted by Crippen LogP contribution is -2.20. The summed E-state index contributed by atoms with van der Waals surface area (Å²) in [6.45, 7) is 3.98. The summed E-state index contributed by atoms with van der Waals surface area (Å²) in [4.78, 5) is 27.2. The van der Waals surface area contributed by atoms with Crippen molar-refractivity contribution in [3.63, 3.8) is 0 Å². The third-order valence-electron chi connectivity index (χ3n) is 6.08. The summed E-state index contributed by atoms with van der Waals surface area (Å²) >= 11 is 1.46. The molecule has 6 nitrogen and oxygen atoms in total. The predicted molar refractivity (Wildman–Crippen MR) is 154 cm³/mol. The minimum atomic E-state index is -0.456. The van der Waals surface area contributed by atoms with E-state index >= 15 is 0 Å². The molecule has 0 saturated heterocycles. The van der Waals surface area contributed by atoms with E-state index in [1.807, 2.05) is 86.6 Å². The van der Waals surface area contributed by atoms with E-state index in [4.69, 9.17) is 9.47 Å². The quantitative estimate of drug-likeness (QED) is 0.229. The van der Waals surface area contributed by atoms with E-state index in [0.29, 0.717) is 22.7 Å². The Morgan fingerprint density at radius 3 is 2.03 bits per heavy atom. The summed E-state index contributed by atoms with van der Waals surface area (Å²) in [6.07, 6.45) is 0. The zero-order valence-electron chi connectivity index (χ0n) is 21.8. The molecular formula is C31H30N2O4S. The van der Waals surface area contributed by atoms with Gasteiger partial charge in [0.25, 0.3) is 5.91 Å². The van der Waals surface area contributed by atoms with Crippen molar-refractivity contribution in [2.75, 3.05) is 24.9 Å². The van der Waals surface area contributed by atoms with Crippen molar-refractivity contribution in [2.24, 2.45) is 0 Å². The molecule has 2 N–H and O–H groups in total. The molecule has 1 atom stereocenters. The first-order chi connectivity index (χ1) is 18.4. The monoisotopic (exact) mass is 526 g/mol. The Kier molecular flexibility index (Phi) is 8.71. The molecule has 38 heavy (non-hydrogen) atoms. The molecule has 1 unspecified atom stereocenters. The van der Waals surface area contributed by atoms with Crippen LogP contribution in [-0.2, 0) is 4.79 Å². The van der Waals surface area contributed by atoms with Gasteiger partial charge in [0.15, 0.2) is 11.5 Å². The Morgan fingerprint density at radius 2 is 1.39 bits per heavy atom. The Bertz CT molecular complexity index is 1400. The Labute approximate surface area is 227 Å². The number of nitrogens with one attached hydrogen (secondary N) is 2. The minimum absolute atomic E-state index is 0.0931. The van der Waals surface area contributed by atoms with Gasteiger partial charge in [-0.15, -0.1) is 11.8 Å². The highest BCUT2D eigenvalue weighted by atomic mass is 32.2. The molecule has 2 amide bonds. The lowest BCUT2D eigenvalue weighted by Gasteiger charge is -2.19. The number of amides is 2. The molecule has 0 spiro atoms. The van der Waals surface area contributed by atoms with E-state index < -0.39 is 5.25 Å². The fourth-order valence-electron chi connectivity index (χ4n) is 4.03. The van der Waals surface area contributed by atoms with Gasteiger partial charge >= 0.3 is 0 Å². The van der Waals surface area contributed by atoms with Crippen molar-refractivity contribution in [1.29, 1.82) is 0 Å². The van der Waals surface area contributed by atoms with Crippen LogP contribution >= 0.6 is 11.8 Å². The second-order valence-corrected chi connectivity index (χ2v) is 9.89. The number of aryl methyl sites for hydroxylation is 2. The van der Waals surface area contributed by atoms with E-state index in [1.54, 1.807) is 25.3 Å². The molecule has 4 aromatic rings. The molecule has 0 aliphatic rings. The van der Waals surface area contributed by atoms with E-state index in [9.17, 15) is 9.59 Å². The Hall–Kier alpha value is -4.23. The van der Waals surface area contributed by atoms with E-state index in [1.165, 1.54) is 18.9 Å². The number of hydrogen-bond acceptors (Lipinski definition) is 5. The smallest absolute Gasteiger partial charge is 0.255 e. The maximum absolute atomic E-state index is 13.5. The number of ether oxygens (including phenoxy) is 2. The normalized spacial score (nSPS) is 11.4. The Balaban J connectivity index is 1.50. The summed E-state index contributed by atoms with van der Waals surface area (Å²) in [6, 6.07) is 28.1. The second-order valence-electron chi connectivity index (χ2n) is 8.71. The van der Waals surface area contributed by atoms with Crippen LogP contribution in [0.25, 0.3) is 0 Å².